The normalized spacial score (nSPS) is 12.6. The fourth-order valence-corrected chi connectivity index (χ4v) is 2.59. The Hall–Kier alpha value is -3.01. The summed E-state index contributed by atoms with van der Waals surface area (Å²) in [5.41, 5.74) is -1.84. The maximum absolute atomic E-state index is 12.7. The number of aliphatic carboxylic acids is 2. The van der Waals surface area contributed by atoms with Gasteiger partial charge in [0.1, 0.15) is 0 Å². The number of carbonyl (C=O) groups excluding carboxylic acids is 2. The third-order valence-electron chi connectivity index (χ3n) is 4.07. The molecule has 0 radical (unpaired) electrons. The molecule has 0 spiro atoms. The van der Waals surface area contributed by atoms with E-state index in [4.69, 9.17) is 10.4 Å². The van der Waals surface area contributed by atoms with Crippen molar-refractivity contribution in [3.63, 3.8) is 0 Å². The van der Waals surface area contributed by atoms with E-state index in [0.717, 1.165) is 6.92 Å². The molecule has 0 amide bonds. The molecule has 0 bridgehead atoms. The summed E-state index contributed by atoms with van der Waals surface area (Å²) in [5, 5.41) is 27.0. The number of hydrogen-bond donors (Lipinski definition) is 2. The van der Waals surface area contributed by atoms with Gasteiger partial charge in [-0.1, -0.05) is 25.0 Å². The molecule has 132 valence electrons. The Bertz CT molecular complexity index is 700. The molecule has 7 nitrogen and oxygen atoms in total. The number of carboxylic acid groups (broad SMARTS) is 2. The average Bonchev–Trinajstić information content (AvgIpc) is 2.56. The maximum atomic E-state index is 12.7. The van der Waals surface area contributed by atoms with E-state index in [2.05, 4.69) is 0 Å². The van der Waals surface area contributed by atoms with Crippen molar-refractivity contribution in [1.29, 1.82) is 5.26 Å². The number of carboxylic acids is 2. The Balaban J connectivity index is 3.03. The van der Waals surface area contributed by atoms with E-state index in [0.29, 0.717) is 18.4 Å². The second kappa shape index (κ2) is 8.73. The van der Waals surface area contributed by atoms with Crippen molar-refractivity contribution in [3.8, 4) is 6.07 Å². The first-order chi connectivity index (χ1) is 11.8. The molecule has 0 aliphatic carbocycles. The van der Waals surface area contributed by atoms with Crippen molar-refractivity contribution in [2.45, 2.75) is 39.0 Å². The molecule has 0 aliphatic heterocycles. The molecule has 1 unspecified atom stereocenters. The van der Waals surface area contributed by atoms with Crippen LogP contribution in [0, 0.1) is 16.7 Å². The second-order valence-electron chi connectivity index (χ2n) is 5.74. The quantitative estimate of drug-likeness (QED) is 0.378. The Morgan fingerprint density at radius 3 is 2.08 bits per heavy atom. The first-order valence-electron chi connectivity index (χ1n) is 7.77. The highest BCUT2D eigenvalue weighted by molar-refractivity contribution is 6.26. The molecule has 1 aromatic rings. The Kier molecular flexibility index (Phi) is 7.00. The van der Waals surface area contributed by atoms with Gasteiger partial charge in [0.05, 0.1) is 11.6 Å². The van der Waals surface area contributed by atoms with E-state index in [1.165, 1.54) is 24.3 Å². The maximum Gasteiger partial charge on any atom is 0.325 e. The summed E-state index contributed by atoms with van der Waals surface area (Å²) in [7, 11) is 0. The zero-order valence-electron chi connectivity index (χ0n) is 13.8. The summed E-state index contributed by atoms with van der Waals surface area (Å²) in [6.07, 6.45) is 0.726. The third-order valence-corrected chi connectivity index (χ3v) is 4.07. The van der Waals surface area contributed by atoms with Gasteiger partial charge >= 0.3 is 11.9 Å². The third kappa shape index (κ3) is 4.73. The molecule has 0 saturated carbocycles. The van der Waals surface area contributed by atoms with E-state index in [9.17, 15) is 24.3 Å². The molecule has 0 saturated heterocycles. The van der Waals surface area contributed by atoms with Gasteiger partial charge in [0.25, 0.3) is 0 Å². The predicted octanol–water partition coefficient (Wildman–Crippen LogP) is 2.44. The lowest BCUT2D eigenvalue weighted by atomic mass is 9.73. The number of carbonyl (C=O) groups is 4. The number of hydrogen-bond acceptors (Lipinski definition) is 5. The first-order valence-corrected chi connectivity index (χ1v) is 7.77. The molecule has 1 rings (SSSR count). The molecular formula is C18H19NO6. The molecule has 1 aromatic carbocycles. The van der Waals surface area contributed by atoms with Crippen molar-refractivity contribution in [1.82, 2.24) is 0 Å². The lowest BCUT2D eigenvalue weighted by Gasteiger charge is -2.25. The van der Waals surface area contributed by atoms with Crippen molar-refractivity contribution in [2.24, 2.45) is 5.41 Å². The largest absolute Gasteiger partial charge is 0.481 e. The van der Waals surface area contributed by atoms with Crippen LogP contribution in [0.3, 0.4) is 0 Å². The van der Waals surface area contributed by atoms with Gasteiger partial charge in [-0.15, -0.1) is 0 Å². The fourth-order valence-electron chi connectivity index (χ4n) is 2.59. The topological polar surface area (TPSA) is 133 Å². The number of ketones is 2. The minimum absolute atomic E-state index is 0.0436. The van der Waals surface area contributed by atoms with Crippen molar-refractivity contribution in [2.75, 3.05) is 0 Å². The van der Waals surface area contributed by atoms with E-state index >= 15 is 0 Å². The van der Waals surface area contributed by atoms with Crippen LogP contribution >= 0.6 is 0 Å². The average molecular weight is 345 g/mol. The van der Waals surface area contributed by atoms with E-state index in [1.54, 1.807) is 0 Å². The van der Waals surface area contributed by atoms with Crippen LogP contribution in [-0.2, 0) is 14.4 Å². The number of nitriles is 1. The zero-order chi connectivity index (χ0) is 19.0. The highest BCUT2D eigenvalue weighted by Crippen LogP contribution is 2.32. The minimum Gasteiger partial charge on any atom is -0.481 e. The molecule has 0 fully saturated rings. The smallest absolute Gasteiger partial charge is 0.325 e. The molecular weight excluding hydrogens is 326 g/mol. The molecule has 0 aliphatic rings. The first kappa shape index (κ1) is 20.0. The SMILES string of the molecule is CC(=O)C(CCCCCC(=O)O)(C(=O)O)C(=O)c1ccc(C#N)cc1. The van der Waals surface area contributed by atoms with Gasteiger partial charge in [0.15, 0.2) is 17.0 Å². The van der Waals surface area contributed by atoms with Crippen LogP contribution in [0.4, 0.5) is 0 Å². The summed E-state index contributed by atoms with van der Waals surface area (Å²) in [4.78, 5) is 47.1. The minimum atomic E-state index is -2.20. The summed E-state index contributed by atoms with van der Waals surface area (Å²) in [5.74, 6) is -4.07. The molecule has 25 heavy (non-hydrogen) atoms. The number of unbranched alkanes of at least 4 members (excludes halogenated alkanes) is 2. The lowest BCUT2D eigenvalue weighted by molar-refractivity contribution is -0.151. The molecule has 7 heteroatoms. The summed E-state index contributed by atoms with van der Waals surface area (Å²) < 4.78 is 0. The van der Waals surface area contributed by atoms with E-state index in [-0.39, 0.29) is 24.8 Å². The van der Waals surface area contributed by atoms with Crippen LogP contribution in [0.1, 0.15) is 54.9 Å². The van der Waals surface area contributed by atoms with Gasteiger partial charge in [-0.25, -0.2) is 0 Å². The number of rotatable bonds is 10. The van der Waals surface area contributed by atoms with E-state index in [1.807, 2.05) is 6.07 Å². The van der Waals surface area contributed by atoms with Crippen LogP contribution in [0.15, 0.2) is 24.3 Å². The van der Waals surface area contributed by atoms with E-state index < -0.39 is 28.9 Å². The highest BCUT2D eigenvalue weighted by atomic mass is 16.4. The predicted molar refractivity (Wildman–Crippen MR) is 87.0 cm³/mol. The van der Waals surface area contributed by atoms with Crippen LogP contribution in [0.5, 0.6) is 0 Å². The van der Waals surface area contributed by atoms with Crippen LogP contribution < -0.4 is 0 Å². The van der Waals surface area contributed by atoms with Crippen LogP contribution in [-0.4, -0.2) is 33.7 Å². The lowest BCUT2D eigenvalue weighted by Crippen LogP contribution is -2.45. The number of Topliss-reactive ketones (excluding diaryl/α,β-unsaturated/α-hetero) is 2. The number of nitrogens with zero attached hydrogens (tertiary/aromatic N) is 1. The summed E-state index contributed by atoms with van der Waals surface area (Å²) >= 11 is 0. The van der Waals surface area contributed by atoms with Gasteiger partial charge < -0.3 is 10.2 Å². The monoisotopic (exact) mass is 345 g/mol. The standard InChI is InChI=1S/C18H19NO6/c1-12(20)18(17(24)25,10-4-2-3-5-15(21)22)16(23)14-8-6-13(11-19)7-9-14/h6-9H,2-5,10H2,1H3,(H,21,22)(H,24,25). The van der Waals surface area contributed by atoms with Gasteiger partial charge in [-0.3, -0.25) is 19.2 Å². The van der Waals surface area contributed by atoms with Crippen LogP contribution in [0.25, 0.3) is 0 Å². The zero-order valence-corrected chi connectivity index (χ0v) is 13.8. The Labute approximate surface area is 144 Å². The van der Waals surface area contributed by atoms with Crippen molar-refractivity contribution in [3.05, 3.63) is 35.4 Å². The second-order valence-corrected chi connectivity index (χ2v) is 5.74. The molecule has 0 heterocycles. The van der Waals surface area contributed by atoms with Gasteiger partial charge in [0, 0.05) is 12.0 Å². The van der Waals surface area contributed by atoms with Gasteiger partial charge in [-0.05, 0) is 31.9 Å². The highest BCUT2D eigenvalue weighted by Gasteiger charge is 2.50. The van der Waals surface area contributed by atoms with Gasteiger partial charge in [0.2, 0.25) is 0 Å². The fraction of sp³-hybridized carbons (Fsp3) is 0.389. The van der Waals surface area contributed by atoms with Crippen molar-refractivity contribution < 1.29 is 29.4 Å². The Morgan fingerprint density at radius 2 is 1.64 bits per heavy atom. The molecule has 2 N–H and O–H groups in total. The summed E-state index contributed by atoms with van der Waals surface area (Å²) in [6.45, 7) is 1.06. The molecule has 1 atom stereocenters. The molecule has 0 aromatic heterocycles. The number of benzene rings is 1. The van der Waals surface area contributed by atoms with Crippen molar-refractivity contribution >= 4 is 23.5 Å². The Morgan fingerprint density at radius 1 is 1.04 bits per heavy atom. The van der Waals surface area contributed by atoms with Gasteiger partial charge in [-0.2, -0.15) is 5.26 Å². The van der Waals surface area contributed by atoms with Crippen LogP contribution in [0.2, 0.25) is 0 Å². The summed E-state index contributed by atoms with van der Waals surface area (Å²) in [6, 6.07) is 7.31.